The van der Waals surface area contributed by atoms with Gasteiger partial charge in [0.25, 0.3) is 0 Å². The predicted octanol–water partition coefficient (Wildman–Crippen LogP) is 2.27. The van der Waals surface area contributed by atoms with Gasteiger partial charge in [-0.05, 0) is 37.1 Å². The Hall–Kier alpha value is -0.810. The minimum Gasteiger partial charge on any atom is -0.490 e. The predicted molar refractivity (Wildman–Crippen MR) is 77.0 cm³/mol. The third kappa shape index (κ3) is 6.78. The van der Waals surface area contributed by atoms with Gasteiger partial charge in [-0.2, -0.15) is 0 Å². The van der Waals surface area contributed by atoms with Crippen LogP contribution in [0.5, 0.6) is 5.75 Å². The highest BCUT2D eigenvalue weighted by molar-refractivity contribution is 6.32. The molecule has 1 aromatic carbocycles. The number of hydrogen-bond acceptors (Lipinski definition) is 4. The molecule has 0 amide bonds. The Bertz CT molecular complexity index is 361. The van der Waals surface area contributed by atoms with Crippen LogP contribution in [-0.4, -0.2) is 40.1 Å². The molecule has 0 aliphatic heterocycles. The maximum absolute atomic E-state index is 6.12. The fourth-order valence-corrected chi connectivity index (χ4v) is 1.86. The summed E-state index contributed by atoms with van der Waals surface area (Å²) in [5.41, 5.74) is 6.62. The number of benzene rings is 1. The topological polar surface area (TPSA) is 53.7 Å². The Morgan fingerprint density at radius 1 is 1.16 bits per heavy atom. The molecule has 0 unspecified atom stereocenters. The van der Waals surface area contributed by atoms with Crippen molar-refractivity contribution in [3.63, 3.8) is 0 Å². The van der Waals surface area contributed by atoms with Crippen LogP contribution in [0.15, 0.2) is 18.2 Å². The molecule has 2 N–H and O–H groups in total. The fourth-order valence-electron chi connectivity index (χ4n) is 1.60. The molecule has 4 nitrogen and oxygen atoms in total. The van der Waals surface area contributed by atoms with Gasteiger partial charge in [0.15, 0.2) is 0 Å². The average Bonchev–Trinajstić information content (AvgIpc) is 2.40. The van der Waals surface area contributed by atoms with Crippen molar-refractivity contribution in [3.05, 3.63) is 28.8 Å². The van der Waals surface area contributed by atoms with E-state index in [1.165, 1.54) is 0 Å². The number of halogens is 1. The van der Waals surface area contributed by atoms with E-state index in [4.69, 9.17) is 31.5 Å². The molecule has 0 atom stereocenters. The zero-order valence-electron chi connectivity index (χ0n) is 11.4. The first-order valence-electron chi connectivity index (χ1n) is 6.46. The first kappa shape index (κ1) is 16.2. The summed E-state index contributed by atoms with van der Waals surface area (Å²) in [6.45, 7) is 3.05. The second-order valence-corrected chi connectivity index (χ2v) is 4.52. The van der Waals surface area contributed by atoms with Crippen molar-refractivity contribution in [1.29, 1.82) is 0 Å². The van der Waals surface area contributed by atoms with Crippen molar-refractivity contribution < 1.29 is 14.2 Å². The maximum atomic E-state index is 6.12. The molecule has 0 aliphatic rings. The Morgan fingerprint density at radius 3 is 2.68 bits per heavy atom. The summed E-state index contributed by atoms with van der Waals surface area (Å²) < 4.78 is 15.9. The fraction of sp³-hybridized carbons (Fsp3) is 0.571. The Morgan fingerprint density at radius 2 is 2.00 bits per heavy atom. The first-order valence-corrected chi connectivity index (χ1v) is 6.83. The lowest BCUT2D eigenvalue weighted by atomic mass is 10.1. The third-order valence-electron chi connectivity index (χ3n) is 2.55. The van der Waals surface area contributed by atoms with Crippen LogP contribution in [0.4, 0.5) is 0 Å². The molecule has 0 fully saturated rings. The van der Waals surface area contributed by atoms with Crippen molar-refractivity contribution in [3.8, 4) is 5.75 Å². The van der Waals surface area contributed by atoms with Gasteiger partial charge < -0.3 is 19.9 Å². The quantitative estimate of drug-likeness (QED) is 0.671. The lowest BCUT2D eigenvalue weighted by molar-refractivity contribution is 0.0807. The van der Waals surface area contributed by atoms with E-state index in [-0.39, 0.29) is 0 Å². The molecule has 0 radical (unpaired) electrons. The molecule has 0 saturated carbocycles. The Labute approximate surface area is 119 Å². The molecule has 19 heavy (non-hydrogen) atoms. The van der Waals surface area contributed by atoms with Crippen LogP contribution in [0.25, 0.3) is 0 Å². The van der Waals surface area contributed by atoms with Crippen LogP contribution >= 0.6 is 11.6 Å². The SMILES string of the molecule is COCCCOCCOc1ccc(CCN)cc1Cl. The van der Waals surface area contributed by atoms with Gasteiger partial charge in [0.1, 0.15) is 12.4 Å². The summed E-state index contributed by atoms with van der Waals surface area (Å²) in [6, 6.07) is 5.75. The van der Waals surface area contributed by atoms with E-state index in [1.54, 1.807) is 7.11 Å². The van der Waals surface area contributed by atoms with Gasteiger partial charge in [-0.15, -0.1) is 0 Å². The molecular formula is C14H22ClNO3. The van der Waals surface area contributed by atoms with Crippen LogP contribution in [0.3, 0.4) is 0 Å². The van der Waals surface area contributed by atoms with Crippen molar-refractivity contribution in [1.82, 2.24) is 0 Å². The van der Waals surface area contributed by atoms with E-state index in [9.17, 15) is 0 Å². The van der Waals surface area contributed by atoms with E-state index in [1.807, 2.05) is 18.2 Å². The highest BCUT2D eigenvalue weighted by Crippen LogP contribution is 2.25. The molecule has 0 bridgehead atoms. The van der Waals surface area contributed by atoms with Crippen LogP contribution in [-0.2, 0) is 15.9 Å². The third-order valence-corrected chi connectivity index (χ3v) is 2.85. The number of nitrogens with two attached hydrogens (primary N) is 1. The first-order chi connectivity index (χ1) is 9.27. The minimum atomic E-state index is 0.489. The van der Waals surface area contributed by atoms with E-state index in [2.05, 4.69) is 0 Å². The normalized spacial score (nSPS) is 10.7. The molecular weight excluding hydrogens is 266 g/mol. The summed E-state index contributed by atoms with van der Waals surface area (Å²) in [5.74, 6) is 0.683. The second kappa shape index (κ2) is 10.0. The summed E-state index contributed by atoms with van der Waals surface area (Å²) in [4.78, 5) is 0. The summed E-state index contributed by atoms with van der Waals surface area (Å²) >= 11 is 6.12. The lowest BCUT2D eigenvalue weighted by Gasteiger charge is -2.09. The van der Waals surface area contributed by atoms with E-state index in [0.717, 1.165) is 25.0 Å². The summed E-state index contributed by atoms with van der Waals surface area (Å²) in [6.07, 6.45) is 1.72. The monoisotopic (exact) mass is 287 g/mol. The summed E-state index contributed by atoms with van der Waals surface area (Å²) in [5, 5.41) is 0.616. The molecule has 1 rings (SSSR count). The molecule has 0 heterocycles. The zero-order chi connectivity index (χ0) is 13.9. The maximum Gasteiger partial charge on any atom is 0.138 e. The van der Waals surface area contributed by atoms with Gasteiger partial charge in [0.05, 0.1) is 11.6 Å². The lowest BCUT2D eigenvalue weighted by Crippen LogP contribution is -2.09. The second-order valence-electron chi connectivity index (χ2n) is 4.11. The van der Waals surface area contributed by atoms with Crippen LogP contribution in [0.2, 0.25) is 5.02 Å². The zero-order valence-corrected chi connectivity index (χ0v) is 12.1. The average molecular weight is 288 g/mol. The van der Waals surface area contributed by atoms with Gasteiger partial charge in [-0.25, -0.2) is 0 Å². The molecule has 0 spiro atoms. The standard InChI is InChI=1S/C14H22ClNO3/c1-17-7-2-8-18-9-10-19-14-4-3-12(5-6-16)11-13(14)15/h3-4,11H,2,5-10,16H2,1H3. The molecule has 0 aromatic heterocycles. The smallest absolute Gasteiger partial charge is 0.138 e. The Kier molecular flexibility index (Phi) is 8.58. The molecule has 5 heteroatoms. The van der Waals surface area contributed by atoms with Gasteiger partial charge in [-0.3, -0.25) is 0 Å². The van der Waals surface area contributed by atoms with Crippen LogP contribution in [0.1, 0.15) is 12.0 Å². The van der Waals surface area contributed by atoms with Crippen LogP contribution in [0, 0.1) is 0 Å². The van der Waals surface area contributed by atoms with Crippen molar-refractivity contribution in [2.45, 2.75) is 12.8 Å². The van der Waals surface area contributed by atoms with Gasteiger partial charge in [0.2, 0.25) is 0 Å². The molecule has 108 valence electrons. The van der Waals surface area contributed by atoms with Crippen molar-refractivity contribution >= 4 is 11.6 Å². The number of methoxy groups -OCH3 is 1. The molecule has 0 aliphatic carbocycles. The van der Waals surface area contributed by atoms with Gasteiger partial charge in [-0.1, -0.05) is 17.7 Å². The number of ether oxygens (including phenoxy) is 3. The number of rotatable bonds is 10. The van der Waals surface area contributed by atoms with Crippen molar-refractivity contribution in [2.24, 2.45) is 5.73 Å². The van der Waals surface area contributed by atoms with Crippen molar-refractivity contribution in [2.75, 3.05) is 40.1 Å². The summed E-state index contributed by atoms with van der Waals surface area (Å²) in [7, 11) is 1.68. The minimum absolute atomic E-state index is 0.489. The van der Waals surface area contributed by atoms with Gasteiger partial charge in [0, 0.05) is 20.3 Å². The molecule has 1 aromatic rings. The highest BCUT2D eigenvalue weighted by Gasteiger charge is 2.02. The molecule has 0 saturated heterocycles. The largest absolute Gasteiger partial charge is 0.490 e. The van der Waals surface area contributed by atoms with E-state index < -0.39 is 0 Å². The van der Waals surface area contributed by atoms with Gasteiger partial charge >= 0.3 is 0 Å². The highest BCUT2D eigenvalue weighted by atomic mass is 35.5. The van der Waals surface area contributed by atoms with Crippen LogP contribution < -0.4 is 10.5 Å². The number of hydrogen-bond donors (Lipinski definition) is 1. The van der Waals surface area contributed by atoms with E-state index in [0.29, 0.717) is 37.1 Å². The Balaban J connectivity index is 2.22. The van der Waals surface area contributed by atoms with E-state index >= 15 is 0 Å².